The molecule has 1 aromatic heterocycles. The summed E-state index contributed by atoms with van der Waals surface area (Å²) in [7, 11) is 1.67. The summed E-state index contributed by atoms with van der Waals surface area (Å²) < 4.78 is 10.9. The van der Waals surface area contributed by atoms with Gasteiger partial charge < -0.3 is 14.4 Å². The number of hydrogen-bond acceptors (Lipinski definition) is 5. The van der Waals surface area contributed by atoms with Gasteiger partial charge in [-0.2, -0.15) is 0 Å². The molecule has 2 aromatic rings. The predicted molar refractivity (Wildman–Crippen MR) is 88.2 cm³/mol. The Balaban J connectivity index is 1.62. The molecule has 0 spiro atoms. The van der Waals surface area contributed by atoms with Gasteiger partial charge in [0, 0.05) is 25.2 Å². The molecule has 1 aliphatic heterocycles. The highest BCUT2D eigenvalue weighted by atomic mass is 32.1. The molecule has 122 valence electrons. The molecule has 0 N–H and O–H groups in total. The van der Waals surface area contributed by atoms with E-state index in [2.05, 4.69) is 4.98 Å². The Hall–Kier alpha value is -1.76. The highest BCUT2D eigenvalue weighted by Crippen LogP contribution is 2.24. The summed E-state index contributed by atoms with van der Waals surface area (Å²) in [6.45, 7) is 2.33. The standard InChI is InChI=1S/C17H20N2O3S/c1-21-12-14-4-2-3-13(9-14)10-16(20)19-6-7-22-15(11-19)17-18-5-8-23-17/h2-5,8-9,15H,6-7,10-12H2,1H3/t15-/m0/s1. The van der Waals surface area contributed by atoms with Crippen molar-refractivity contribution in [3.63, 3.8) is 0 Å². The normalized spacial score (nSPS) is 18.1. The van der Waals surface area contributed by atoms with E-state index in [0.29, 0.717) is 32.7 Å². The van der Waals surface area contributed by atoms with Crippen LogP contribution in [0, 0.1) is 0 Å². The van der Waals surface area contributed by atoms with Gasteiger partial charge in [-0.25, -0.2) is 4.98 Å². The van der Waals surface area contributed by atoms with Crippen molar-refractivity contribution in [1.82, 2.24) is 9.88 Å². The van der Waals surface area contributed by atoms with Crippen LogP contribution in [0.2, 0.25) is 0 Å². The zero-order valence-electron chi connectivity index (χ0n) is 13.1. The summed E-state index contributed by atoms with van der Waals surface area (Å²) in [6, 6.07) is 7.98. The zero-order chi connectivity index (χ0) is 16.1. The molecule has 23 heavy (non-hydrogen) atoms. The maximum absolute atomic E-state index is 12.6. The Morgan fingerprint density at radius 3 is 3.13 bits per heavy atom. The number of benzene rings is 1. The van der Waals surface area contributed by atoms with Gasteiger partial charge in [-0.1, -0.05) is 24.3 Å². The Kier molecular flexibility index (Phi) is 5.38. The van der Waals surface area contributed by atoms with E-state index in [9.17, 15) is 4.79 Å². The molecular formula is C17H20N2O3S. The summed E-state index contributed by atoms with van der Waals surface area (Å²) in [5.74, 6) is 0.129. The van der Waals surface area contributed by atoms with Crippen molar-refractivity contribution < 1.29 is 14.3 Å². The Morgan fingerprint density at radius 2 is 2.35 bits per heavy atom. The van der Waals surface area contributed by atoms with Crippen molar-refractivity contribution in [2.75, 3.05) is 26.8 Å². The molecule has 0 aliphatic carbocycles. The summed E-state index contributed by atoms with van der Waals surface area (Å²) in [6.07, 6.45) is 2.07. The number of carbonyl (C=O) groups is 1. The van der Waals surface area contributed by atoms with Crippen molar-refractivity contribution >= 4 is 17.2 Å². The van der Waals surface area contributed by atoms with Gasteiger partial charge in [-0.3, -0.25) is 4.79 Å². The lowest BCUT2D eigenvalue weighted by Crippen LogP contribution is -2.42. The molecule has 0 radical (unpaired) electrons. The SMILES string of the molecule is COCc1cccc(CC(=O)N2CCO[C@H](c3nccs3)C2)c1. The molecule has 6 heteroatoms. The molecule has 1 fully saturated rings. The molecule has 0 bridgehead atoms. The van der Waals surface area contributed by atoms with Crippen LogP contribution in [-0.2, 0) is 27.3 Å². The van der Waals surface area contributed by atoms with Crippen molar-refractivity contribution in [2.45, 2.75) is 19.1 Å². The summed E-state index contributed by atoms with van der Waals surface area (Å²) in [5.41, 5.74) is 2.10. The number of thiazole rings is 1. The third kappa shape index (κ3) is 4.16. The van der Waals surface area contributed by atoms with Crippen LogP contribution in [0.25, 0.3) is 0 Å². The van der Waals surface area contributed by atoms with E-state index in [1.165, 1.54) is 0 Å². The van der Waals surface area contributed by atoms with Crippen LogP contribution in [-0.4, -0.2) is 42.6 Å². The van der Waals surface area contributed by atoms with Crippen molar-refractivity contribution in [3.8, 4) is 0 Å². The van der Waals surface area contributed by atoms with Gasteiger partial charge in [-0.05, 0) is 11.1 Å². The van der Waals surface area contributed by atoms with Gasteiger partial charge in [0.1, 0.15) is 11.1 Å². The predicted octanol–water partition coefficient (Wildman–Crippen LogP) is 2.43. The molecule has 0 saturated carbocycles. The monoisotopic (exact) mass is 332 g/mol. The quantitative estimate of drug-likeness (QED) is 0.844. The molecule has 1 atom stereocenters. The molecule has 1 amide bonds. The van der Waals surface area contributed by atoms with Crippen LogP contribution in [0.4, 0.5) is 0 Å². The number of methoxy groups -OCH3 is 1. The molecule has 1 aromatic carbocycles. The lowest BCUT2D eigenvalue weighted by molar-refractivity contribution is -0.138. The second kappa shape index (κ2) is 7.68. The van der Waals surface area contributed by atoms with Gasteiger partial charge in [0.05, 0.1) is 26.2 Å². The molecule has 1 saturated heterocycles. The maximum atomic E-state index is 12.6. The largest absolute Gasteiger partial charge is 0.380 e. The Labute approximate surface area is 139 Å². The number of morpholine rings is 1. The first kappa shape index (κ1) is 16.1. The fourth-order valence-electron chi connectivity index (χ4n) is 2.70. The van der Waals surface area contributed by atoms with Crippen LogP contribution in [0.3, 0.4) is 0 Å². The second-order valence-electron chi connectivity index (χ2n) is 5.50. The van der Waals surface area contributed by atoms with Crippen molar-refractivity contribution in [2.24, 2.45) is 0 Å². The summed E-state index contributed by atoms with van der Waals surface area (Å²) >= 11 is 1.57. The van der Waals surface area contributed by atoms with Crippen LogP contribution in [0.5, 0.6) is 0 Å². The third-order valence-electron chi connectivity index (χ3n) is 3.80. The van der Waals surface area contributed by atoms with E-state index in [4.69, 9.17) is 9.47 Å². The maximum Gasteiger partial charge on any atom is 0.227 e. The highest BCUT2D eigenvalue weighted by molar-refractivity contribution is 7.09. The van der Waals surface area contributed by atoms with Crippen molar-refractivity contribution in [1.29, 1.82) is 0 Å². The Bertz CT molecular complexity index is 645. The lowest BCUT2D eigenvalue weighted by Gasteiger charge is -2.32. The molecule has 0 unspecified atom stereocenters. The molecular weight excluding hydrogens is 312 g/mol. The first-order chi connectivity index (χ1) is 11.3. The number of rotatable bonds is 5. The second-order valence-corrected chi connectivity index (χ2v) is 6.43. The minimum absolute atomic E-state index is 0.104. The lowest BCUT2D eigenvalue weighted by atomic mass is 10.1. The molecule has 5 nitrogen and oxygen atoms in total. The summed E-state index contributed by atoms with van der Waals surface area (Å²) in [5, 5.41) is 2.87. The number of aromatic nitrogens is 1. The average molecular weight is 332 g/mol. The van der Waals surface area contributed by atoms with E-state index in [1.807, 2.05) is 34.5 Å². The van der Waals surface area contributed by atoms with Crippen LogP contribution in [0.15, 0.2) is 35.8 Å². The number of nitrogens with zero attached hydrogens (tertiary/aromatic N) is 2. The number of hydrogen-bond donors (Lipinski definition) is 0. The number of amides is 1. The summed E-state index contributed by atoms with van der Waals surface area (Å²) in [4.78, 5) is 18.7. The fraction of sp³-hybridized carbons (Fsp3) is 0.412. The number of carbonyl (C=O) groups excluding carboxylic acids is 1. The molecule has 3 rings (SSSR count). The van der Waals surface area contributed by atoms with E-state index in [-0.39, 0.29) is 12.0 Å². The van der Waals surface area contributed by atoms with E-state index in [0.717, 1.165) is 16.1 Å². The average Bonchev–Trinajstić information content (AvgIpc) is 3.10. The van der Waals surface area contributed by atoms with Crippen LogP contribution >= 0.6 is 11.3 Å². The van der Waals surface area contributed by atoms with Crippen LogP contribution < -0.4 is 0 Å². The zero-order valence-corrected chi connectivity index (χ0v) is 13.9. The van der Waals surface area contributed by atoms with Gasteiger partial charge in [0.2, 0.25) is 5.91 Å². The minimum Gasteiger partial charge on any atom is -0.380 e. The smallest absolute Gasteiger partial charge is 0.227 e. The molecule has 1 aliphatic rings. The minimum atomic E-state index is -0.104. The van der Waals surface area contributed by atoms with Gasteiger partial charge in [0.15, 0.2) is 0 Å². The van der Waals surface area contributed by atoms with Crippen LogP contribution in [0.1, 0.15) is 22.2 Å². The third-order valence-corrected chi connectivity index (χ3v) is 4.67. The molecule has 2 heterocycles. The Morgan fingerprint density at radius 1 is 1.48 bits per heavy atom. The fourth-order valence-corrected chi connectivity index (χ4v) is 3.38. The number of ether oxygens (including phenoxy) is 2. The van der Waals surface area contributed by atoms with Gasteiger partial charge >= 0.3 is 0 Å². The van der Waals surface area contributed by atoms with Crippen molar-refractivity contribution in [3.05, 3.63) is 52.0 Å². The first-order valence-electron chi connectivity index (χ1n) is 7.62. The highest BCUT2D eigenvalue weighted by Gasteiger charge is 2.26. The topological polar surface area (TPSA) is 51.7 Å². The van der Waals surface area contributed by atoms with E-state index >= 15 is 0 Å². The van der Waals surface area contributed by atoms with E-state index in [1.54, 1.807) is 24.6 Å². The first-order valence-corrected chi connectivity index (χ1v) is 8.50. The van der Waals surface area contributed by atoms with Gasteiger partial charge in [0.25, 0.3) is 0 Å². The van der Waals surface area contributed by atoms with Gasteiger partial charge in [-0.15, -0.1) is 11.3 Å². The van der Waals surface area contributed by atoms with E-state index < -0.39 is 0 Å².